The number of dihydropyridines is 1. The van der Waals surface area contributed by atoms with E-state index in [2.05, 4.69) is 5.32 Å². The van der Waals surface area contributed by atoms with Crippen LogP contribution in [0.4, 0.5) is 0 Å². The Hall–Kier alpha value is -3.98. The lowest BCUT2D eigenvalue weighted by atomic mass is 9.71. The predicted molar refractivity (Wildman–Crippen MR) is 142 cm³/mol. The van der Waals surface area contributed by atoms with Gasteiger partial charge in [0.05, 0.1) is 25.9 Å². The van der Waals surface area contributed by atoms with Crippen molar-refractivity contribution < 1.29 is 38.0 Å². The van der Waals surface area contributed by atoms with E-state index in [0.717, 1.165) is 16.8 Å². The lowest BCUT2D eigenvalue weighted by Crippen LogP contribution is -2.36. The van der Waals surface area contributed by atoms with E-state index < -0.39 is 11.9 Å². The minimum Gasteiger partial charge on any atom is -0.493 e. The smallest absolute Gasteiger partial charge is 0.336 e. The van der Waals surface area contributed by atoms with E-state index in [-0.39, 0.29) is 31.7 Å². The molecule has 0 unspecified atom stereocenters. The van der Waals surface area contributed by atoms with E-state index in [0.29, 0.717) is 59.3 Å². The maximum absolute atomic E-state index is 13.9. The molecule has 0 spiro atoms. The summed E-state index contributed by atoms with van der Waals surface area (Å²) in [6.45, 7) is 4.81. The molecule has 5 rings (SSSR count). The number of ether oxygens (including phenoxy) is 6. The molecule has 2 aromatic carbocycles. The molecule has 206 valence electrons. The summed E-state index contributed by atoms with van der Waals surface area (Å²) in [5.41, 5.74) is 4.18. The Morgan fingerprint density at radius 3 is 2.56 bits per heavy atom. The third-order valence-corrected chi connectivity index (χ3v) is 7.26. The number of ketones is 1. The van der Waals surface area contributed by atoms with Crippen LogP contribution in [-0.2, 0) is 19.1 Å². The molecule has 9 heteroatoms. The molecule has 0 saturated heterocycles. The zero-order chi connectivity index (χ0) is 27.5. The van der Waals surface area contributed by atoms with Gasteiger partial charge in [-0.25, -0.2) is 4.79 Å². The maximum atomic E-state index is 13.9. The monoisotopic (exact) mass is 535 g/mol. The third-order valence-electron chi connectivity index (χ3n) is 7.26. The van der Waals surface area contributed by atoms with Crippen molar-refractivity contribution in [2.75, 3.05) is 40.8 Å². The van der Waals surface area contributed by atoms with E-state index in [1.54, 1.807) is 14.2 Å². The van der Waals surface area contributed by atoms with E-state index in [4.69, 9.17) is 28.4 Å². The highest BCUT2D eigenvalue weighted by atomic mass is 16.7. The van der Waals surface area contributed by atoms with Crippen LogP contribution in [0.3, 0.4) is 0 Å². The van der Waals surface area contributed by atoms with Gasteiger partial charge in [-0.05, 0) is 61.6 Å². The minimum atomic E-state index is -0.603. The number of methoxy groups -OCH3 is 2. The van der Waals surface area contributed by atoms with E-state index in [1.165, 1.54) is 0 Å². The van der Waals surface area contributed by atoms with E-state index in [1.807, 2.05) is 50.2 Å². The summed E-state index contributed by atoms with van der Waals surface area (Å²) < 4.78 is 32.9. The summed E-state index contributed by atoms with van der Waals surface area (Å²) in [5, 5.41) is 3.38. The van der Waals surface area contributed by atoms with Gasteiger partial charge in [0.2, 0.25) is 6.79 Å². The van der Waals surface area contributed by atoms with Crippen molar-refractivity contribution in [3.05, 3.63) is 70.1 Å². The number of allylic oxidation sites excluding steroid dienone is 3. The van der Waals surface area contributed by atoms with Gasteiger partial charge in [0, 0.05) is 36.4 Å². The Morgan fingerprint density at radius 2 is 1.79 bits per heavy atom. The molecule has 2 atom stereocenters. The number of carbonyl (C=O) groups is 2. The van der Waals surface area contributed by atoms with Crippen molar-refractivity contribution in [3.8, 4) is 23.0 Å². The Bertz CT molecular complexity index is 1340. The minimum absolute atomic E-state index is 0.0287. The second-order valence-electron chi connectivity index (χ2n) is 9.60. The molecule has 0 amide bonds. The van der Waals surface area contributed by atoms with E-state index >= 15 is 0 Å². The van der Waals surface area contributed by atoms with Gasteiger partial charge < -0.3 is 33.7 Å². The molecule has 0 saturated carbocycles. The van der Waals surface area contributed by atoms with Gasteiger partial charge in [-0.1, -0.05) is 12.1 Å². The number of hydrogen-bond acceptors (Lipinski definition) is 9. The number of carbonyl (C=O) groups excluding carboxylic acids is 2. The van der Waals surface area contributed by atoms with Crippen LogP contribution >= 0.6 is 0 Å². The summed E-state index contributed by atoms with van der Waals surface area (Å²) >= 11 is 0. The Morgan fingerprint density at radius 1 is 1.00 bits per heavy atom. The first-order chi connectivity index (χ1) is 18.9. The fourth-order valence-electron chi connectivity index (χ4n) is 5.48. The summed E-state index contributed by atoms with van der Waals surface area (Å²) in [6, 6.07) is 11.3. The Labute approximate surface area is 227 Å². The third kappa shape index (κ3) is 5.18. The molecule has 1 aliphatic carbocycles. The van der Waals surface area contributed by atoms with Gasteiger partial charge in [0.1, 0.15) is 6.61 Å². The molecule has 2 aliphatic heterocycles. The largest absolute Gasteiger partial charge is 0.493 e. The molecular formula is C30H33NO8. The van der Waals surface area contributed by atoms with Crippen LogP contribution in [0.5, 0.6) is 23.0 Å². The fourth-order valence-corrected chi connectivity index (χ4v) is 5.48. The van der Waals surface area contributed by atoms with Gasteiger partial charge in [0.15, 0.2) is 28.8 Å². The molecule has 39 heavy (non-hydrogen) atoms. The first-order valence-corrected chi connectivity index (χ1v) is 13.1. The van der Waals surface area contributed by atoms with Gasteiger partial charge in [-0.15, -0.1) is 0 Å². The van der Waals surface area contributed by atoms with Crippen molar-refractivity contribution >= 4 is 11.8 Å². The molecule has 0 aromatic heterocycles. The number of nitrogens with one attached hydrogen (secondary N) is 1. The van der Waals surface area contributed by atoms with Gasteiger partial charge in [-0.3, -0.25) is 4.79 Å². The summed E-state index contributed by atoms with van der Waals surface area (Å²) in [6.07, 6.45) is 0.895. The molecule has 2 heterocycles. The fraction of sp³-hybridized carbons (Fsp3) is 0.400. The number of esters is 1. The quantitative estimate of drug-likeness (QED) is 0.370. The number of hydrogen-bond donors (Lipinski definition) is 1. The van der Waals surface area contributed by atoms with Crippen LogP contribution < -0.4 is 24.3 Å². The van der Waals surface area contributed by atoms with Crippen molar-refractivity contribution in [1.29, 1.82) is 0 Å². The number of rotatable bonds is 9. The van der Waals surface area contributed by atoms with Crippen molar-refractivity contribution in [3.63, 3.8) is 0 Å². The van der Waals surface area contributed by atoms with E-state index in [9.17, 15) is 9.59 Å². The highest BCUT2D eigenvalue weighted by Gasteiger charge is 2.42. The summed E-state index contributed by atoms with van der Waals surface area (Å²) in [4.78, 5) is 27.2. The topological polar surface area (TPSA) is 102 Å². The number of Topliss-reactive ketones (excluding diaryl/α,β-unsaturated/α-hetero) is 1. The van der Waals surface area contributed by atoms with Crippen molar-refractivity contribution in [1.82, 2.24) is 5.32 Å². The first-order valence-electron chi connectivity index (χ1n) is 13.1. The summed E-state index contributed by atoms with van der Waals surface area (Å²) in [5.74, 6) is 1.33. The lowest BCUT2D eigenvalue weighted by molar-refractivity contribution is -0.140. The molecule has 0 bridgehead atoms. The number of benzene rings is 2. The first kappa shape index (κ1) is 26.6. The zero-order valence-corrected chi connectivity index (χ0v) is 22.6. The Balaban J connectivity index is 1.52. The average molecular weight is 536 g/mol. The molecule has 9 nitrogen and oxygen atoms in total. The van der Waals surface area contributed by atoms with Crippen LogP contribution in [-0.4, -0.2) is 52.6 Å². The second kappa shape index (κ2) is 11.4. The standard InChI is InChI=1S/C30H33NO8/c1-5-36-23-8-6-18(14-25(23)35-4)20-12-21-29(22(32)13-20)28(19-7-9-24-26(15-19)39-16-38-24)27(17(2)31-21)30(33)37-11-10-34-3/h6-9,14-15,20,28,31H,5,10-13,16H2,1-4H3/t20-,28-/m1/s1. The van der Waals surface area contributed by atoms with Crippen LogP contribution in [0.2, 0.25) is 0 Å². The highest BCUT2D eigenvalue weighted by Crippen LogP contribution is 2.48. The average Bonchev–Trinajstić information content (AvgIpc) is 3.40. The molecule has 1 N–H and O–H groups in total. The van der Waals surface area contributed by atoms with Gasteiger partial charge in [0.25, 0.3) is 0 Å². The summed E-state index contributed by atoms with van der Waals surface area (Å²) in [7, 11) is 3.15. The molecular weight excluding hydrogens is 502 g/mol. The number of fused-ring (bicyclic) bond motifs is 1. The lowest BCUT2D eigenvalue weighted by Gasteiger charge is -2.36. The van der Waals surface area contributed by atoms with Crippen LogP contribution in [0.15, 0.2) is 58.9 Å². The highest BCUT2D eigenvalue weighted by molar-refractivity contribution is 6.04. The van der Waals surface area contributed by atoms with Crippen LogP contribution in [0, 0.1) is 0 Å². The zero-order valence-electron chi connectivity index (χ0n) is 22.6. The van der Waals surface area contributed by atoms with Crippen molar-refractivity contribution in [2.45, 2.75) is 38.5 Å². The van der Waals surface area contributed by atoms with Crippen LogP contribution in [0.25, 0.3) is 0 Å². The molecule has 2 aromatic rings. The Kier molecular flexibility index (Phi) is 7.79. The van der Waals surface area contributed by atoms with Gasteiger partial charge >= 0.3 is 5.97 Å². The maximum Gasteiger partial charge on any atom is 0.336 e. The molecule has 0 fully saturated rings. The van der Waals surface area contributed by atoms with Crippen molar-refractivity contribution in [2.24, 2.45) is 0 Å². The van der Waals surface area contributed by atoms with Gasteiger partial charge in [-0.2, -0.15) is 0 Å². The second-order valence-corrected chi connectivity index (χ2v) is 9.60. The molecule has 3 aliphatic rings. The SMILES string of the molecule is CCOc1ccc([C@H]2CC(=O)C3=C(C2)NC(C)=C(C(=O)OCCOC)[C@H]3c2ccc3c(c2)OCO3)cc1OC. The predicted octanol–water partition coefficient (Wildman–Crippen LogP) is 4.37. The van der Waals surface area contributed by atoms with Crippen LogP contribution in [0.1, 0.15) is 49.7 Å². The molecule has 0 radical (unpaired) electrons. The normalized spacial score (nSPS) is 19.9.